The Morgan fingerprint density at radius 2 is 1.95 bits per heavy atom. The lowest BCUT2D eigenvalue weighted by atomic mass is 10.2. The van der Waals surface area contributed by atoms with E-state index < -0.39 is 0 Å². The molecule has 0 spiro atoms. The van der Waals surface area contributed by atoms with Crippen molar-refractivity contribution in [2.24, 2.45) is 4.99 Å². The molecule has 0 unspecified atom stereocenters. The van der Waals surface area contributed by atoms with E-state index in [0.717, 1.165) is 17.0 Å². The molecule has 0 aliphatic heterocycles. The Hall–Kier alpha value is -1.40. The molecule has 2 rings (SSSR count). The first kappa shape index (κ1) is 17.7. The molecule has 0 saturated heterocycles. The quantitative estimate of drug-likeness (QED) is 0.727. The number of aromatic nitrogens is 1. The summed E-state index contributed by atoms with van der Waals surface area (Å²) in [5.41, 5.74) is 2.60. The topological polar surface area (TPSA) is 43.6 Å². The zero-order valence-corrected chi connectivity index (χ0v) is 14.7. The molecule has 1 heterocycles. The van der Waals surface area contributed by atoms with Crippen LogP contribution in [0.3, 0.4) is 0 Å². The van der Waals surface area contributed by atoms with E-state index in [1.54, 1.807) is 30.4 Å². The van der Waals surface area contributed by atoms with Gasteiger partial charge in [0.1, 0.15) is 0 Å². The summed E-state index contributed by atoms with van der Waals surface area (Å²) in [6.45, 7) is 7.25. The van der Waals surface area contributed by atoms with Crippen molar-refractivity contribution in [3.05, 3.63) is 45.7 Å². The van der Waals surface area contributed by atoms with Crippen LogP contribution in [0.25, 0.3) is 0 Å². The average Bonchev–Trinajstić information content (AvgIpc) is 2.80. The van der Waals surface area contributed by atoms with E-state index in [0.29, 0.717) is 12.2 Å². The molecular weight excluding hydrogens is 352 g/mol. The molecule has 6 heteroatoms. The zero-order valence-electron chi connectivity index (χ0n) is 12.3. The van der Waals surface area contributed by atoms with Gasteiger partial charge in [-0.3, -0.25) is 0 Å². The van der Waals surface area contributed by atoms with Gasteiger partial charge in [0.05, 0.1) is 17.9 Å². The minimum atomic E-state index is -0.297. The zero-order chi connectivity index (χ0) is 14.5. The van der Waals surface area contributed by atoms with E-state index in [1.165, 1.54) is 5.69 Å². The van der Waals surface area contributed by atoms with Crippen LogP contribution in [0, 0.1) is 6.92 Å². The monoisotopic (exact) mass is 369 g/mol. The van der Waals surface area contributed by atoms with Gasteiger partial charge in [0.15, 0.2) is 4.80 Å². The molecule has 0 fully saturated rings. The molecular formula is C15H18BrN2O2S-. The van der Waals surface area contributed by atoms with Gasteiger partial charge in [0.25, 0.3) is 0 Å². The minimum absolute atomic E-state index is 0. The van der Waals surface area contributed by atoms with Gasteiger partial charge in [0, 0.05) is 17.6 Å². The van der Waals surface area contributed by atoms with E-state index in [2.05, 4.69) is 28.8 Å². The fraction of sp³-hybridized carbons (Fsp3) is 0.333. The highest BCUT2D eigenvalue weighted by Crippen LogP contribution is 2.14. The van der Waals surface area contributed by atoms with Crippen LogP contribution in [0.4, 0.5) is 5.69 Å². The van der Waals surface area contributed by atoms with Crippen LogP contribution in [0.1, 0.15) is 29.9 Å². The summed E-state index contributed by atoms with van der Waals surface area (Å²) in [4.78, 5) is 17.1. The van der Waals surface area contributed by atoms with E-state index in [9.17, 15) is 4.79 Å². The van der Waals surface area contributed by atoms with Crippen LogP contribution in [-0.4, -0.2) is 17.1 Å². The van der Waals surface area contributed by atoms with E-state index in [4.69, 9.17) is 4.74 Å². The average molecular weight is 370 g/mol. The van der Waals surface area contributed by atoms with Gasteiger partial charge in [-0.2, -0.15) is 0 Å². The lowest BCUT2D eigenvalue weighted by Gasteiger charge is -2.02. The summed E-state index contributed by atoms with van der Waals surface area (Å²) in [6.07, 6.45) is 0. The predicted molar refractivity (Wildman–Crippen MR) is 80.3 cm³/mol. The maximum absolute atomic E-state index is 11.6. The number of halogens is 1. The lowest BCUT2D eigenvalue weighted by Crippen LogP contribution is -3.00. The summed E-state index contributed by atoms with van der Waals surface area (Å²) >= 11 is 1.62. The van der Waals surface area contributed by atoms with Crippen LogP contribution < -0.4 is 21.8 Å². The largest absolute Gasteiger partial charge is 1.00 e. The normalized spacial score (nSPS) is 11.1. The lowest BCUT2D eigenvalue weighted by molar-refractivity contribution is -0.0000223. The van der Waals surface area contributed by atoms with Crippen molar-refractivity contribution in [2.75, 3.05) is 6.61 Å². The first-order valence-corrected chi connectivity index (χ1v) is 7.50. The van der Waals surface area contributed by atoms with Crippen LogP contribution in [0.15, 0.2) is 34.6 Å². The van der Waals surface area contributed by atoms with Crippen molar-refractivity contribution in [1.82, 2.24) is 4.57 Å². The van der Waals surface area contributed by atoms with Gasteiger partial charge in [-0.05, 0) is 45.0 Å². The number of carbonyl (C=O) groups is 1. The van der Waals surface area contributed by atoms with Crippen molar-refractivity contribution >= 4 is 23.0 Å². The van der Waals surface area contributed by atoms with Crippen molar-refractivity contribution in [2.45, 2.75) is 27.3 Å². The van der Waals surface area contributed by atoms with E-state index >= 15 is 0 Å². The molecule has 1 aromatic heterocycles. The van der Waals surface area contributed by atoms with Gasteiger partial charge in [-0.25, -0.2) is 9.79 Å². The standard InChI is InChI=1S/C15H18N2O2S.BrH/c1-4-17-11(3)10-20-15(17)16-13-8-6-12(7-9-13)14(18)19-5-2;/h6-10H,4-5H2,1-3H3;1H/p-1. The number of esters is 1. The molecule has 0 bridgehead atoms. The second-order valence-corrected chi connectivity index (χ2v) is 5.12. The summed E-state index contributed by atoms with van der Waals surface area (Å²) in [7, 11) is 0. The molecule has 0 saturated carbocycles. The second kappa shape index (κ2) is 8.14. The number of hydrogen-bond acceptors (Lipinski definition) is 4. The van der Waals surface area contributed by atoms with Crippen LogP contribution in [-0.2, 0) is 11.3 Å². The molecule has 0 atom stereocenters. The van der Waals surface area contributed by atoms with Crippen molar-refractivity contribution in [3.63, 3.8) is 0 Å². The molecule has 0 aliphatic carbocycles. The fourth-order valence-corrected chi connectivity index (χ4v) is 2.85. The molecule has 0 N–H and O–H groups in total. The highest BCUT2D eigenvalue weighted by molar-refractivity contribution is 7.07. The number of hydrogen-bond donors (Lipinski definition) is 0. The summed E-state index contributed by atoms with van der Waals surface area (Å²) in [5.74, 6) is -0.297. The number of ether oxygens (including phenoxy) is 1. The van der Waals surface area contributed by atoms with Crippen LogP contribution in [0.2, 0.25) is 0 Å². The maximum atomic E-state index is 11.6. The van der Waals surface area contributed by atoms with Gasteiger partial charge < -0.3 is 26.3 Å². The molecule has 0 radical (unpaired) electrons. The molecule has 21 heavy (non-hydrogen) atoms. The molecule has 114 valence electrons. The molecule has 0 aliphatic rings. The molecule has 1 aromatic carbocycles. The number of thiazole rings is 1. The fourth-order valence-electron chi connectivity index (χ4n) is 1.88. The van der Waals surface area contributed by atoms with Crippen molar-refractivity contribution in [3.8, 4) is 0 Å². The number of aryl methyl sites for hydroxylation is 1. The van der Waals surface area contributed by atoms with Crippen LogP contribution >= 0.6 is 11.3 Å². The summed E-state index contributed by atoms with van der Waals surface area (Å²) in [5, 5.41) is 2.09. The van der Waals surface area contributed by atoms with Crippen LogP contribution in [0.5, 0.6) is 0 Å². The smallest absolute Gasteiger partial charge is 0.338 e. The van der Waals surface area contributed by atoms with E-state index in [1.807, 2.05) is 12.1 Å². The Labute approximate surface area is 138 Å². The number of nitrogens with zero attached hydrogens (tertiary/aromatic N) is 2. The third kappa shape index (κ3) is 4.28. The number of rotatable bonds is 4. The predicted octanol–water partition coefficient (Wildman–Crippen LogP) is 0.291. The minimum Gasteiger partial charge on any atom is -1.00 e. The summed E-state index contributed by atoms with van der Waals surface area (Å²) < 4.78 is 7.11. The third-order valence-corrected chi connectivity index (χ3v) is 3.89. The Balaban J connectivity index is 0.00000220. The SMILES string of the molecule is CCOC(=O)c1ccc(N=c2scc(C)n2CC)cc1.[Br-]. The highest BCUT2D eigenvalue weighted by atomic mass is 79.9. The Kier molecular flexibility index (Phi) is 6.84. The van der Waals surface area contributed by atoms with Gasteiger partial charge in [0.2, 0.25) is 0 Å². The Bertz CT molecular complexity index is 659. The summed E-state index contributed by atoms with van der Waals surface area (Å²) in [6, 6.07) is 7.16. The van der Waals surface area contributed by atoms with Crippen molar-refractivity contribution in [1.29, 1.82) is 0 Å². The highest BCUT2D eigenvalue weighted by Gasteiger charge is 2.05. The molecule has 2 aromatic rings. The third-order valence-electron chi connectivity index (χ3n) is 2.91. The Morgan fingerprint density at radius 1 is 1.29 bits per heavy atom. The first-order valence-electron chi connectivity index (χ1n) is 6.62. The maximum Gasteiger partial charge on any atom is 0.338 e. The number of carbonyl (C=O) groups excluding carboxylic acids is 1. The molecule has 4 nitrogen and oxygen atoms in total. The molecule has 0 amide bonds. The first-order chi connectivity index (χ1) is 9.65. The number of benzene rings is 1. The van der Waals surface area contributed by atoms with E-state index in [-0.39, 0.29) is 23.0 Å². The Morgan fingerprint density at radius 3 is 2.52 bits per heavy atom. The van der Waals surface area contributed by atoms with Gasteiger partial charge >= 0.3 is 5.97 Å². The second-order valence-electron chi connectivity index (χ2n) is 4.28. The van der Waals surface area contributed by atoms with Crippen molar-refractivity contribution < 1.29 is 26.5 Å². The van der Waals surface area contributed by atoms with Gasteiger partial charge in [-0.1, -0.05) is 0 Å². The van der Waals surface area contributed by atoms with Gasteiger partial charge in [-0.15, -0.1) is 11.3 Å².